The standard InChI is InChI=1S/C14H18BrNO3/c1-10(18-12-8-6-11(15)7-9-12)14(17)16-19-13-4-2-3-5-13/h6-10,13H,2-5H2,1H3,(H,16,17)/t10-/m0/s1. The normalized spacial score (nSPS) is 17.2. The summed E-state index contributed by atoms with van der Waals surface area (Å²) < 4.78 is 6.51. The smallest absolute Gasteiger partial charge is 0.284 e. The van der Waals surface area contributed by atoms with Gasteiger partial charge in [-0.3, -0.25) is 9.63 Å². The Morgan fingerprint density at radius 1 is 1.32 bits per heavy atom. The van der Waals surface area contributed by atoms with E-state index in [0.29, 0.717) is 5.75 Å². The van der Waals surface area contributed by atoms with Gasteiger partial charge in [-0.05, 0) is 44.0 Å². The number of amides is 1. The predicted molar refractivity (Wildman–Crippen MR) is 75.7 cm³/mol. The number of benzene rings is 1. The maximum Gasteiger partial charge on any atom is 0.284 e. The van der Waals surface area contributed by atoms with Crippen molar-refractivity contribution in [2.24, 2.45) is 0 Å². The van der Waals surface area contributed by atoms with Crippen molar-refractivity contribution in [3.8, 4) is 5.75 Å². The molecule has 1 aliphatic carbocycles. The molecule has 19 heavy (non-hydrogen) atoms. The van der Waals surface area contributed by atoms with Gasteiger partial charge in [-0.2, -0.15) is 0 Å². The van der Waals surface area contributed by atoms with E-state index in [2.05, 4.69) is 21.4 Å². The summed E-state index contributed by atoms with van der Waals surface area (Å²) in [6.07, 6.45) is 3.95. The molecular formula is C14H18BrNO3. The number of nitrogens with one attached hydrogen (secondary N) is 1. The molecule has 0 spiro atoms. The van der Waals surface area contributed by atoms with Crippen molar-refractivity contribution in [1.29, 1.82) is 0 Å². The maximum atomic E-state index is 11.8. The van der Waals surface area contributed by atoms with Gasteiger partial charge in [0.1, 0.15) is 5.75 Å². The summed E-state index contributed by atoms with van der Waals surface area (Å²) in [5, 5.41) is 0. The fraction of sp³-hybridized carbons (Fsp3) is 0.500. The summed E-state index contributed by atoms with van der Waals surface area (Å²) in [6.45, 7) is 1.70. The minimum absolute atomic E-state index is 0.156. The Balaban J connectivity index is 1.76. The van der Waals surface area contributed by atoms with Crippen LogP contribution < -0.4 is 10.2 Å². The summed E-state index contributed by atoms with van der Waals surface area (Å²) in [4.78, 5) is 17.2. The predicted octanol–water partition coefficient (Wildman–Crippen LogP) is 3.21. The molecular weight excluding hydrogens is 310 g/mol. The van der Waals surface area contributed by atoms with Gasteiger partial charge in [0.15, 0.2) is 6.10 Å². The average Bonchev–Trinajstić information content (AvgIpc) is 2.91. The van der Waals surface area contributed by atoms with E-state index in [1.807, 2.05) is 24.3 Å². The van der Waals surface area contributed by atoms with Crippen LogP contribution in [0.1, 0.15) is 32.6 Å². The van der Waals surface area contributed by atoms with Gasteiger partial charge in [0.05, 0.1) is 6.10 Å². The molecule has 1 N–H and O–H groups in total. The van der Waals surface area contributed by atoms with Crippen molar-refractivity contribution in [1.82, 2.24) is 5.48 Å². The minimum Gasteiger partial charge on any atom is -0.481 e. The highest BCUT2D eigenvalue weighted by molar-refractivity contribution is 9.10. The number of hydroxylamine groups is 1. The third-order valence-corrected chi connectivity index (χ3v) is 3.65. The highest BCUT2D eigenvalue weighted by atomic mass is 79.9. The van der Waals surface area contributed by atoms with Crippen molar-refractivity contribution in [3.63, 3.8) is 0 Å². The molecule has 2 rings (SSSR count). The van der Waals surface area contributed by atoms with Gasteiger partial charge in [-0.25, -0.2) is 5.48 Å². The molecule has 0 aromatic heterocycles. The first kappa shape index (κ1) is 14.3. The Hall–Kier alpha value is -1.07. The van der Waals surface area contributed by atoms with Crippen LogP contribution in [0.5, 0.6) is 5.75 Å². The third-order valence-electron chi connectivity index (χ3n) is 3.12. The molecule has 0 saturated heterocycles. The molecule has 1 aliphatic rings. The number of carbonyl (C=O) groups is 1. The van der Waals surface area contributed by atoms with Gasteiger partial charge in [-0.15, -0.1) is 0 Å². The maximum absolute atomic E-state index is 11.8. The first-order valence-corrected chi connectivity index (χ1v) is 7.32. The van der Waals surface area contributed by atoms with E-state index in [-0.39, 0.29) is 12.0 Å². The van der Waals surface area contributed by atoms with Crippen molar-refractivity contribution in [3.05, 3.63) is 28.7 Å². The molecule has 1 atom stereocenters. The molecule has 0 unspecified atom stereocenters. The molecule has 104 valence electrons. The second kappa shape index (κ2) is 6.91. The number of carbonyl (C=O) groups excluding carboxylic acids is 1. The Morgan fingerprint density at radius 3 is 2.58 bits per heavy atom. The van der Waals surface area contributed by atoms with E-state index in [1.165, 1.54) is 12.8 Å². The third kappa shape index (κ3) is 4.51. The van der Waals surface area contributed by atoms with Crippen molar-refractivity contribution in [2.45, 2.75) is 44.8 Å². The molecule has 0 radical (unpaired) electrons. The topological polar surface area (TPSA) is 47.6 Å². The monoisotopic (exact) mass is 327 g/mol. The first-order valence-electron chi connectivity index (χ1n) is 6.53. The van der Waals surface area contributed by atoms with Crippen molar-refractivity contribution >= 4 is 21.8 Å². The average molecular weight is 328 g/mol. The molecule has 4 nitrogen and oxygen atoms in total. The Bertz CT molecular complexity index is 415. The van der Waals surface area contributed by atoms with Crippen LogP contribution in [0.4, 0.5) is 0 Å². The summed E-state index contributed by atoms with van der Waals surface area (Å²) >= 11 is 3.35. The number of halogens is 1. The molecule has 0 aliphatic heterocycles. The molecule has 1 saturated carbocycles. The fourth-order valence-corrected chi connectivity index (χ4v) is 2.27. The van der Waals surface area contributed by atoms with Crippen LogP contribution in [0.3, 0.4) is 0 Å². The van der Waals surface area contributed by atoms with Gasteiger partial charge in [0.25, 0.3) is 5.91 Å². The molecule has 1 fully saturated rings. The number of hydrogen-bond acceptors (Lipinski definition) is 3. The van der Waals surface area contributed by atoms with Gasteiger partial charge < -0.3 is 4.74 Å². The quantitative estimate of drug-likeness (QED) is 0.845. The zero-order valence-electron chi connectivity index (χ0n) is 10.9. The molecule has 0 bridgehead atoms. The van der Waals surface area contributed by atoms with Crippen LogP contribution in [0.2, 0.25) is 0 Å². The zero-order chi connectivity index (χ0) is 13.7. The lowest BCUT2D eigenvalue weighted by Gasteiger charge is -2.16. The highest BCUT2D eigenvalue weighted by Crippen LogP contribution is 2.20. The van der Waals surface area contributed by atoms with E-state index in [4.69, 9.17) is 9.57 Å². The summed E-state index contributed by atoms with van der Waals surface area (Å²) in [5.41, 5.74) is 2.48. The number of ether oxygens (including phenoxy) is 1. The van der Waals surface area contributed by atoms with E-state index < -0.39 is 6.10 Å². The van der Waals surface area contributed by atoms with Crippen LogP contribution in [0.25, 0.3) is 0 Å². The fourth-order valence-electron chi connectivity index (χ4n) is 2.00. The lowest BCUT2D eigenvalue weighted by molar-refractivity contribution is -0.144. The molecule has 5 heteroatoms. The highest BCUT2D eigenvalue weighted by Gasteiger charge is 2.20. The Labute approximate surface area is 121 Å². The second-order valence-electron chi connectivity index (χ2n) is 4.70. The van der Waals surface area contributed by atoms with Crippen molar-refractivity contribution < 1.29 is 14.4 Å². The molecule has 1 amide bonds. The minimum atomic E-state index is -0.581. The summed E-state index contributed by atoms with van der Waals surface area (Å²) in [7, 11) is 0. The number of rotatable bonds is 5. The molecule has 1 aromatic carbocycles. The number of hydrogen-bond donors (Lipinski definition) is 1. The van der Waals surface area contributed by atoms with E-state index >= 15 is 0 Å². The van der Waals surface area contributed by atoms with Gasteiger partial charge in [-0.1, -0.05) is 28.8 Å². The van der Waals surface area contributed by atoms with E-state index in [1.54, 1.807) is 6.92 Å². The summed E-state index contributed by atoms with van der Waals surface area (Å²) in [6, 6.07) is 7.36. The van der Waals surface area contributed by atoms with Crippen LogP contribution in [-0.4, -0.2) is 18.1 Å². The van der Waals surface area contributed by atoms with E-state index in [0.717, 1.165) is 17.3 Å². The lowest BCUT2D eigenvalue weighted by Crippen LogP contribution is -2.38. The lowest BCUT2D eigenvalue weighted by atomic mass is 10.3. The van der Waals surface area contributed by atoms with Gasteiger partial charge in [0.2, 0.25) is 0 Å². The van der Waals surface area contributed by atoms with E-state index in [9.17, 15) is 4.79 Å². The van der Waals surface area contributed by atoms with Crippen LogP contribution >= 0.6 is 15.9 Å². The van der Waals surface area contributed by atoms with Gasteiger partial charge in [0, 0.05) is 4.47 Å². The van der Waals surface area contributed by atoms with Gasteiger partial charge >= 0.3 is 0 Å². The largest absolute Gasteiger partial charge is 0.481 e. The Kier molecular flexibility index (Phi) is 5.22. The van der Waals surface area contributed by atoms with Crippen molar-refractivity contribution in [2.75, 3.05) is 0 Å². The first-order chi connectivity index (χ1) is 9.15. The van der Waals surface area contributed by atoms with Crippen LogP contribution in [-0.2, 0) is 9.63 Å². The second-order valence-corrected chi connectivity index (χ2v) is 5.62. The van der Waals surface area contributed by atoms with Crippen LogP contribution in [0.15, 0.2) is 28.7 Å². The zero-order valence-corrected chi connectivity index (χ0v) is 12.5. The summed E-state index contributed by atoms with van der Waals surface area (Å²) in [5.74, 6) is 0.404. The Morgan fingerprint density at radius 2 is 1.95 bits per heavy atom. The molecule has 1 aromatic rings. The van der Waals surface area contributed by atoms with Crippen LogP contribution in [0, 0.1) is 0 Å². The SMILES string of the molecule is C[C@H](Oc1ccc(Br)cc1)C(=O)NOC1CCCC1. The molecule has 0 heterocycles.